The van der Waals surface area contributed by atoms with Crippen LogP contribution in [0.3, 0.4) is 0 Å². The van der Waals surface area contributed by atoms with Gasteiger partial charge in [0, 0.05) is 12.7 Å². The van der Waals surface area contributed by atoms with E-state index in [9.17, 15) is 22.8 Å². The molecule has 0 saturated carbocycles. The van der Waals surface area contributed by atoms with Crippen LogP contribution in [0, 0.1) is 0 Å². The Morgan fingerprint density at radius 1 is 1.43 bits per heavy atom. The maximum absolute atomic E-state index is 11.9. The van der Waals surface area contributed by atoms with Gasteiger partial charge in [-0.3, -0.25) is 9.78 Å². The van der Waals surface area contributed by atoms with Crippen molar-refractivity contribution in [1.29, 1.82) is 0 Å². The number of carbonyl (C=O) groups is 1. The summed E-state index contributed by atoms with van der Waals surface area (Å²) in [7, 11) is -4.12. The lowest BCUT2D eigenvalue weighted by Gasteiger charge is -2.12. The lowest BCUT2D eigenvalue weighted by Crippen LogP contribution is -2.37. The molecule has 2 rings (SSSR count). The summed E-state index contributed by atoms with van der Waals surface area (Å²) in [6.45, 7) is -0.162. The molecule has 0 spiro atoms. The summed E-state index contributed by atoms with van der Waals surface area (Å²) in [6, 6.07) is 0. The van der Waals surface area contributed by atoms with E-state index in [1.807, 2.05) is 0 Å². The van der Waals surface area contributed by atoms with Crippen LogP contribution in [0.4, 0.5) is 0 Å². The highest BCUT2D eigenvalue weighted by Gasteiger charge is 2.31. The van der Waals surface area contributed by atoms with Crippen molar-refractivity contribution >= 4 is 16.0 Å². The van der Waals surface area contributed by atoms with Crippen molar-refractivity contribution in [3.63, 3.8) is 0 Å². The molecule has 0 aliphatic carbocycles. The fraction of sp³-hybridized carbons (Fsp3) is 0.500. The normalized spacial score (nSPS) is 22.3. The van der Waals surface area contributed by atoms with Crippen LogP contribution in [0.2, 0.25) is 0 Å². The number of rotatable bonds is 5. The summed E-state index contributed by atoms with van der Waals surface area (Å²) >= 11 is 0. The number of hydrogen-bond acceptors (Lipinski definition) is 6. The molecule has 0 radical (unpaired) electrons. The molecule has 116 valence electrons. The third kappa shape index (κ3) is 3.56. The highest BCUT2D eigenvalue weighted by molar-refractivity contribution is 7.89. The smallest absolute Gasteiger partial charge is 0.332 e. The number of carboxylic acid groups (broad SMARTS) is 1. The van der Waals surface area contributed by atoms with Crippen LogP contribution in [-0.2, 0) is 19.6 Å². The largest absolute Gasteiger partial charge is 0.479 e. The molecule has 1 aliphatic rings. The highest BCUT2D eigenvalue weighted by atomic mass is 32.2. The van der Waals surface area contributed by atoms with Crippen molar-refractivity contribution in [3.8, 4) is 0 Å². The molecule has 1 aliphatic heterocycles. The SMILES string of the molecule is O=C(O)C1CCC(CNS(=O)(=O)c2c[nH]c(=O)[nH]c2=O)O1. The second kappa shape index (κ2) is 5.79. The maximum Gasteiger partial charge on any atom is 0.332 e. The number of nitrogens with one attached hydrogen (secondary N) is 3. The first kappa shape index (κ1) is 15.4. The Morgan fingerprint density at radius 3 is 2.71 bits per heavy atom. The standard InChI is InChI=1S/C10H13N3O7S/c14-8-7(4-11-10(17)13-8)21(18,19)12-3-5-1-2-6(20-5)9(15)16/h4-6,12H,1-3H2,(H,15,16)(H2,11,13,14,17). The van der Waals surface area contributed by atoms with E-state index in [-0.39, 0.29) is 6.54 Å². The first-order chi connectivity index (χ1) is 9.79. The number of hydrogen-bond donors (Lipinski definition) is 4. The van der Waals surface area contributed by atoms with E-state index < -0.39 is 44.3 Å². The third-order valence-corrected chi connectivity index (χ3v) is 4.39. The maximum atomic E-state index is 11.9. The first-order valence-corrected chi connectivity index (χ1v) is 7.48. The Kier molecular flexibility index (Phi) is 4.25. The average Bonchev–Trinajstić information content (AvgIpc) is 2.85. The van der Waals surface area contributed by atoms with Gasteiger partial charge >= 0.3 is 11.7 Å². The minimum atomic E-state index is -4.12. The van der Waals surface area contributed by atoms with E-state index in [1.54, 1.807) is 4.98 Å². The molecule has 0 bridgehead atoms. The van der Waals surface area contributed by atoms with Crippen molar-refractivity contribution in [2.75, 3.05) is 6.54 Å². The van der Waals surface area contributed by atoms with Gasteiger partial charge in [-0.25, -0.2) is 22.7 Å². The molecule has 1 aromatic heterocycles. The number of aromatic nitrogens is 2. The summed E-state index contributed by atoms with van der Waals surface area (Å²) in [5, 5.41) is 8.76. The number of aromatic amines is 2. The van der Waals surface area contributed by atoms with Crippen molar-refractivity contribution < 1.29 is 23.1 Å². The van der Waals surface area contributed by atoms with E-state index in [0.29, 0.717) is 12.8 Å². The predicted octanol–water partition coefficient (Wildman–Crippen LogP) is -2.03. The minimum Gasteiger partial charge on any atom is -0.479 e. The Hall–Kier alpha value is -1.98. The van der Waals surface area contributed by atoms with Crippen LogP contribution < -0.4 is 16.0 Å². The summed E-state index contributed by atoms with van der Waals surface area (Å²) in [4.78, 5) is 36.2. The van der Waals surface area contributed by atoms with Crippen LogP contribution in [-0.4, -0.2) is 48.2 Å². The predicted molar refractivity (Wildman–Crippen MR) is 68.4 cm³/mol. The lowest BCUT2D eigenvalue weighted by molar-refractivity contribution is -0.149. The molecule has 0 aromatic carbocycles. The Labute approximate surface area is 118 Å². The minimum absolute atomic E-state index is 0.162. The monoisotopic (exact) mass is 319 g/mol. The average molecular weight is 319 g/mol. The summed E-state index contributed by atoms with van der Waals surface area (Å²) in [5.41, 5.74) is -1.86. The van der Waals surface area contributed by atoms with Gasteiger partial charge in [0.2, 0.25) is 10.0 Å². The van der Waals surface area contributed by atoms with Gasteiger partial charge in [0.25, 0.3) is 5.56 Å². The lowest BCUT2D eigenvalue weighted by atomic mass is 10.2. The molecule has 0 amide bonds. The van der Waals surface area contributed by atoms with Crippen LogP contribution in [0.1, 0.15) is 12.8 Å². The second-order valence-electron chi connectivity index (χ2n) is 4.45. The van der Waals surface area contributed by atoms with Gasteiger partial charge in [-0.2, -0.15) is 0 Å². The second-order valence-corrected chi connectivity index (χ2v) is 6.19. The zero-order valence-electron chi connectivity index (χ0n) is 10.7. The first-order valence-electron chi connectivity index (χ1n) is 5.99. The molecule has 1 saturated heterocycles. The van der Waals surface area contributed by atoms with Crippen molar-refractivity contribution in [2.24, 2.45) is 0 Å². The topological polar surface area (TPSA) is 158 Å². The number of aliphatic carboxylic acids is 1. The number of H-pyrrole nitrogens is 2. The molecule has 21 heavy (non-hydrogen) atoms. The fourth-order valence-electron chi connectivity index (χ4n) is 1.91. The number of carboxylic acids is 1. The van der Waals surface area contributed by atoms with E-state index in [4.69, 9.17) is 9.84 Å². The molecule has 2 atom stereocenters. The molecule has 1 fully saturated rings. The van der Waals surface area contributed by atoms with Crippen molar-refractivity contribution in [1.82, 2.24) is 14.7 Å². The zero-order valence-corrected chi connectivity index (χ0v) is 11.5. The molecule has 11 heteroatoms. The Morgan fingerprint density at radius 2 is 2.14 bits per heavy atom. The van der Waals surface area contributed by atoms with Gasteiger partial charge in [0.1, 0.15) is 0 Å². The van der Waals surface area contributed by atoms with E-state index in [2.05, 4.69) is 9.71 Å². The van der Waals surface area contributed by atoms with Gasteiger partial charge < -0.3 is 14.8 Å². The van der Waals surface area contributed by atoms with Crippen LogP contribution in [0.15, 0.2) is 20.7 Å². The highest BCUT2D eigenvalue weighted by Crippen LogP contribution is 2.19. The zero-order chi connectivity index (χ0) is 15.6. The number of ether oxygens (including phenoxy) is 1. The van der Waals surface area contributed by atoms with Gasteiger partial charge in [-0.1, -0.05) is 0 Å². The Balaban J connectivity index is 2.04. The fourth-order valence-corrected chi connectivity index (χ4v) is 2.98. The summed E-state index contributed by atoms with van der Waals surface area (Å²) < 4.78 is 31.1. The molecule has 1 aromatic rings. The van der Waals surface area contributed by atoms with Gasteiger partial charge in [-0.05, 0) is 12.8 Å². The van der Waals surface area contributed by atoms with Crippen LogP contribution >= 0.6 is 0 Å². The Bertz CT molecular complexity index is 750. The molecular formula is C10H13N3O7S. The molecule has 10 nitrogen and oxygen atoms in total. The molecule has 2 heterocycles. The van der Waals surface area contributed by atoms with Crippen LogP contribution in [0.25, 0.3) is 0 Å². The summed E-state index contributed by atoms with van der Waals surface area (Å²) in [6.07, 6.45) is -0.0553. The van der Waals surface area contributed by atoms with Gasteiger partial charge in [0.15, 0.2) is 11.0 Å². The molecular weight excluding hydrogens is 306 g/mol. The van der Waals surface area contributed by atoms with Gasteiger partial charge in [0.05, 0.1) is 6.10 Å². The summed E-state index contributed by atoms with van der Waals surface area (Å²) in [5.74, 6) is -1.10. The molecule has 4 N–H and O–H groups in total. The third-order valence-electron chi connectivity index (χ3n) is 2.96. The van der Waals surface area contributed by atoms with Crippen LogP contribution in [0.5, 0.6) is 0 Å². The van der Waals surface area contributed by atoms with Crippen molar-refractivity contribution in [2.45, 2.75) is 29.9 Å². The van der Waals surface area contributed by atoms with E-state index in [0.717, 1.165) is 6.20 Å². The number of sulfonamides is 1. The van der Waals surface area contributed by atoms with E-state index >= 15 is 0 Å². The quantitative estimate of drug-likeness (QED) is 0.487. The van der Waals surface area contributed by atoms with Crippen molar-refractivity contribution in [3.05, 3.63) is 27.0 Å². The molecule has 2 unspecified atom stereocenters. The van der Waals surface area contributed by atoms with E-state index in [1.165, 1.54) is 0 Å². The van der Waals surface area contributed by atoms with Gasteiger partial charge in [-0.15, -0.1) is 0 Å².